The van der Waals surface area contributed by atoms with E-state index in [1.165, 1.54) is 55.8 Å². The number of nitrogens with one attached hydrogen (secondary N) is 1. The lowest BCUT2D eigenvalue weighted by molar-refractivity contribution is 0.100. The molecule has 5 heterocycles. The standard InChI is InChI=1S/C27H30N6O2S2/c1-35-21-14-19(33-11-6-18(7-12-33)32-9-2-3-10-32)4-5-20(21)30-27-29-15-22-24(31-27)23(17-8-13-36-16-17)25(37-22)26(28)34/h4-5,8,13-16,18H,2-3,6-7,9-12H2,1H3,(H2,28,34)(H,29,30,31). The maximum Gasteiger partial charge on any atom is 0.259 e. The zero-order valence-corrected chi connectivity index (χ0v) is 22.4. The van der Waals surface area contributed by atoms with Gasteiger partial charge in [0, 0.05) is 36.4 Å². The molecule has 1 amide bonds. The summed E-state index contributed by atoms with van der Waals surface area (Å²) in [4.78, 5) is 27.0. The smallest absolute Gasteiger partial charge is 0.259 e. The van der Waals surface area contributed by atoms with Crippen molar-refractivity contribution in [2.45, 2.75) is 31.7 Å². The van der Waals surface area contributed by atoms with Crippen LogP contribution in [0.15, 0.2) is 41.2 Å². The Balaban J connectivity index is 1.23. The van der Waals surface area contributed by atoms with Crippen molar-refractivity contribution >= 4 is 56.1 Å². The molecule has 1 aromatic carbocycles. The summed E-state index contributed by atoms with van der Waals surface area (Å²) in [6.45, 7) is 4.64. The minimum absolute atomic E-state index is 0.440. The monoisotopic (exact) mass is 534 g/mol. The van der Waals surface area contributed by atoms with E-state index in [2.05, 4.69) is 32.2 Å². The number of piperidine rings is 1. The molecule has 2 fully saturated rings. The summed E-state index contributed by atoms with van der Waals surface area (Å²) < 4.78 is 6.57. The average Bonchev–Trinajstić information content (AvgIpc) is 3.70. The Hall–Kier alpha value is -3.21. The van der Waals surface area contributed by atoms with Gasteiger partial charge in [-0.05, 0) is 73.3 Å². The van der Waals surface area contributed by atoms with Gasteiger partial charge in [0.15, 0.2) is 0 Å². The number of benzene rings is 1. The van der Waals surface area contributed by atoms with Crippen LogP contribution in [0.4, 0.5) is 17.3 Å². The molecule has 0 aliphatic carbocycles. The van der Waals surface area contributed by atoms with Crippen LogP contribution in [0.1, 0.15) is 35.4 Å². The fourth-order valence-corrected chi connectivity index (χ4v) is 7.13. The molecule has 8 nitrogen and oxygen atoms in total. The van der Waals surface area contributed by atoms with Crippen LogP contribution < -0.4 is 20.7 Å². The Morgan fingerprint density at radius 1 is 1.16 bits per heavy atom. The minimum atomic E-state index is -0.458. The third-order valence-electron chi connectivity index (χ3n) is 7.38. The maximum atomic E-state index is 12.1. The summed E-state index contributed by atoms with van der Waals surface area (Å²) in [7, 11) is 1.68. The molecular formula is C27H30N6O2S2. The van der Waals surface area contributed by atoms with Gasteiger partial charge in [-0.3, -0.25) is 4.79 Å². The topological polar surface area (TPSA) is 96.6 Å². The molecule has 3 aromatic heterocycles. The van der Waals surface area contributed by atoms with Gasteiger partial charge in [-0.2, -0.15) is 11.3 Å². The van der Waals surface area contributed by atoms with E-state index in [4.69, 9.17) is 15.5 Å². The van der Waals surface area contributed by atoms with Crippen molar-refractivity contribution in [1.29, 1.82) is 0 Å². The number of nitrogens with zero attached hydrogens (tertiary/aromatic N) is 4. The molecule has 37 heavy (non-hydrogen) atoms. The van der Waals surface area contributed by atoms with Gasteiger partial charge in [-0.15, -0.1) is 11.3 Å². The van der Waals surface area contributed by atoms with Crippen molar-refractivity contribution in [2.75, 3.05) is 43.5 Å². The molecule has 0 atom stereocenters. The Morgan fingerprint density at radius 3 is 2.68 bits per heavy atom. The van der Waals surface area contributed by atoms with Gasteiger partial charge >= 0.3 is 0 Å². The first-order valence-corrected chi connectivity index (χ1v) is 14.4. The number of likely N-dealkylation sites (tertiary alicyclic amines) is 1. The van der Waals surface area contributed by atoms with E-state index >= 15 is 0 Å². The van der Waals surface area contributed by atoms with Gasteiger partial charge in [0.05, 0.1) is 29.2 Å². The van der Waals surface area contributed by atoms with Crippen LogP contribution in [0.3, 0.4) is 0 Å². The highest BCUT2D eigenvalue weighted by Gasteiger charge is 2.27. The van der Waals surface area contributed by atoms with Crippen LogP contribution in [0.2, 0.25) is 0 Å². The highest BCUT2D eigenvalue weighted by Crippen LogP contribution is 2.39. The molecule has 192 valence electrons. The van der Waals surface area contributed by atoms with Gasteiger partial charge in [0.25, 0.3) is 5.91 Å². The summed E-state index contributed by atoms with van der Waals surface area (Å²) in [6, 6.07) is 8.94. The van der Waals surface area contributed by atoms with Gasteiger partial charge in [0.1, 0.15) is 10.6 Å². The molecular weight excluding hydrogens is 504 g/mol. The molecule has 2 aliphatic rings. The number of fused-ring (bicyclic) bond motifs is 1. The first kappa shape index (κ1) is 24.1. The first-order valence-electron chi connectivity index (χ1n) is 12.7. The summed E-state index contributed by atoms with van der Waals surface area (Å²) >= 11 is 2.89. The molecule has 0 saturated carbocycles. The van der Waals surface area contributed by atoms with E-state index in [0.717, 1.165) is 46.4 Å². The van der Waals surface area contributed by atoms with Crippen LogP contribution in [0.5, 0.6) is 5.75 Å². The van der Waals surface area contributed by atoms with Crippen LogP contribution >= 0.6 is 22.7 Å². The molecule has 0 radical (unpaired) electrons. The largest absolute Gasteiger partial charge is 0.494 e. The molecule has 2 aliphatic heterocycles. The van der Waals surface area contributed by atoms with Crippen LogP contribution in [0.25, 0.3) is 21.3 Å². The lowest BCUT2D eigenvalue weighted by atomic mass is 10.0. The molecule has 0 bridgehead atoms. The Morgan fingerprint density at radius 2 is 1.97 bits per heavy atom. The maximum absolute atomic E-state index is 12.1. The Kier molecular flexibility index (Phi) is 6.71. The van der Waals surface area contributed by atoms with Gasteiger partial charge < -0.3 is 25.6 Å². The van der Waals surface area contributed by atoms with Crippen molar-refractivity contribution in [1.82, 2.24) is 14.9 Å². The third kappa shape index (κ3) is 4.76. The second-order valence-corrected chi connectivity index (χ2v) is 11.4. The molecule has 6 rings (SSSR count). The van der Waals surface area contributed by atoms with E-state index in [1.54, 1.807) is 24.6 Å². The number of carbonyl (C=O) groups excluding carboxylic acids is 1. The number of methoxy groups -OCH3 is 1. The molecule has 0 spiro atoms. The van der Waals surface area contributed by atoms with Crippen molar-refractivity contribution in [3.8, 4) is 16.9 Å². The minimum Gasteiger partial charge on any atom is -0.494 e. The fraction of sp³-hybridized carbons (Fsp3) is 0.370. The number of primary amides is 1. The van der Waals surface area contributed by atoms with Gasteiger partial charge in [-0.25, -0.2) is 9.97 Å². The number of thiophene rings is 2. The van der Waals surface area contributed by atoms with Gasteiger partial charge in [0.2, 0.25) is 5.95 Å². The van der Waals surface area contributed by atoms with E-state index < -0.39 is 5.91 Å². The summed E-state index contributed by atoms with van der Waals surface area (Å²) in [5.41, 5.74) is 10.1. The van der Waals surface area contributed by atoms with Gasteiger partial charge in [-0.1, -0.05) is 0 Å². The summed E-state index contributed by atoms with van der Waals surface area (Å²) in [5, 5.41) is 7.30. The SMILES string of the molecule is COc1cc(N2CCC(N3CCCC3)CC2)ccc1Nc1ncc2sc(C(N)=O)c(-c3ccsc3)c2n1. The zero-order valence-electron chi connectivity index (χ0n) is 20.8. The van der Waals surface area contributed by atoms with E-state index in [-0.39, 0.29) is 0 Å². The average molecular weight is 535 g/mol. The highest BCUT2D eigenvalue weighted by molar-refractivity contribution is 7.21. The van der Waals surface area contributed by atoms with Crippen LogP contribution in [-0.2, 0) is 0 Å². The number of rotatable bonds is 7. The number of amides is 1. The Labute approximate surface area is 224 Å². The quantitative estimate of drug-likeness (QED) is 0.331. The number of anilines is 3. The van der Waals surface area contributed by atoms with E-state index in [0.29, 0.717) is 16.3 Å². The second kappa shape index (κ2) is 10.3. The first-order chi connectivity index (χ1) is 18.1. The number of carbonyl (C=O) groups is 1. The van der Waals surface area contributed by atoms with Crippen molar-refractivity contribution in [3.05, 3.63) is 46.1 Å². The van der Waals surface area contributed by atoms with Crippen LogP contribution in [0, 0.1) is 0 Å². The van der Waals surface area contributed by atoms with E-state index in [9.17, 15) is 4.79 Å². The fourth-order valence-electron chi connectivity index (χ4n) is 5.50. The Bertz CT molecular complexity index is 1410. The lowest BCUT2D eigenvalue weighted by Gasteiger charge is -2.38. The normalized spacial score (nSPS) is 16.9. The van der Waals surface area contributed by atoms with Crippen molar-refractivity contribution in [3.63, 3.8) is 0 Å². The summed E-state index contributed by atoms with van der Waals surface area (Å²) in [6.07, 6.45) is 6.84. The number of hydrogen-bond donors (Lipinski definition) is 2. The predicted molar refractivity (Wildman–Crippen MR) is 152 cm³/mol. The van der Waals surface area contributed by atoms with E-state index in [1.807, 2.05) is 22.9 Å². The molecule has 2 saturated heterocycles. The number of ether oxygens (including phenoxy) is 1. The number of aromatic nitrogens is 2. The van der Waals surface area contributed by atoms with Crippen molar-refractivity contribution in [2.24, 2.45) is 5.73 Å². The second-order valence-electron chi connectivity index (χ2n) is 9.56. The molecule has 3 N–H and O–H groups in total. The molecule has 0 unspecified atom stereocenters. The summed E-state index contributed by atoms with van der Waals surface area (Å²) in [5.74, 6) is 0.722. The zero-order chi connectivity index (χ0) is 25.4. The molecule has 4 aromatic rings. The third-order valence-corrected chi connectivity index (χ3v) is 9.19. The number of hydrogen-bond acceptors (Lipinski definition) is 9. The molecule has 10 heteroatoms. The highest BCUT2D eigenvalue weighted by atomic mass is 32.1. The number of nitrogens with two attached hydrogens (primary N) is 1. The predicted octanol–water partition coefficient (Wildman–Crippen LogP) is 5.34. The van der Waals surface area contributed by atoms with Crippen molar-refractivity contribution < 1.29 is 9.53 Å². The lowest BCUT2D eigenvalue weighted by Crippen LogP contribution is -2.43. The van der Waals surface area contributed by atoms with Crippen LogP contribution in [-0.4, -0.2) is 60.1 Å².